The number of non-ortho nitro benzene ring substituents is 1. The molecule has 1 aromatic heterocycles. The highest BCUT2D eigenvalue weighted by Gasteiger charge is 2.20. The van der Waals surface area contributed by atoms with E-state index in [0.29, 0.717) is 23.4 Å². The van der Waals surface area contributed by atoms with Gasteiger partial charge in [-0.2, -0.15) is 4.68 Å². The molecule has 0 fully saturated rings. The molecule has 0 aliphatic rings. The van der Waals surface area contributed by atoms with Gasteiger partial charge in [0.15, 0.2) is 0 Å². The standard InChI is InChI=1S/C27H28ClN5O5S/c1-3-5-6-26-30-32(24-16-21(33(35)36)12-13-23(24)28)27(34)31(26)17-19-7-10-20(11-8-19)22-15-18(4-2)9-14-25(22)39(29,37)38/h7-16H,3-6,17H2,1-2H3,(H2,29,37,38). The maximum atomic E-state index is 13.5. The summed E-state index contributed by atoms with van der Waals surface area (Å²) in [5.41, 5.74) is 2.40. The number of aryl methyl sites for hydroxylation is 2. The van der Waals surface area contributed by atoms with E-state index in [9.17, 15) is 23.3 Å². The second kappa shape index (κ2) is 11.5. The number of hydrogen-bond donors (Lipinski definition) is 1. The van der Waals surface area contributed by atoms with Crippen LogP contribution in [0.4, 0.5) is 5.69 Å². The molecule has 1 heterocycles. The monoisotopic (exact) mass is 569 g/mol. The highest BCUT2D eigenvalue weighted by Crippen LogP contribution is 2.29. The fraction of sp³-hybridized carbons (Fsp3) is 0.259. The highest BCUT2D eigenvalue weighted by molar-refractivity contribution is 7.89. The maximum absolute atomic E-state index is 13.5. The van der Waals surface area contributed by atoms with Crippen molar-refractivity contribution in [1.29, 1.82) is 0 Å². The fourth-order valence-electron chi connectivity index (χ4n) is 4.29. The quantitative estimate of drug-likeness (QED) is 0.213. The molecule has 0 saturated heterocycles. The first kappa shape index (κ1) is 28.2. The van der Waals surface area contributed by atoms with Crippen molar-refractivity contribution in [3.63, 3.8) is 0 Å². The van der Waals surface area contributed by atoms with Crippen LogP contribution >= 0.6 is 11.6 Å². The summed E-state index contributed by atoms with van der Waals surface area (Å²) in [4.78, 5) is 24.2. The number of hydrogen-bond acceptors (Lipinski definition) is 6. The van der Waals surface area contributed by atoms with E-state index < -0.39 is 20.6 Å². The van der Waals surface area contributed by atoms with Crippen LogP contribution in [0.15, 0.2) is 70.4 Å². The lowest BCUT2D eigenvalue weighted by molar-refractivity contribution is -0.384. The van der Waals surface area contributed by atoms with E-state index in [0.717, 1.165) is 35.1 Å². The molecule has 2 N–H and O–H groups in total. The summed E-state index contributed by atoms with van der Waals surface area (Å²) in [6, 6.07) is 16.1. The van der Waals surface area contributed by atoms with Gasteiger partial charge in [-0.1, -0.05) is 62.2 Å². The zero-order valence-electron chi connectivity index (χ0n) is 21.5. The molecule has 0 aliphatic carbocycles. The third kappa shape index (κ3) is 6.11. The normalized spacial score (nSPS) is 11.6. The van der Waals surface area contributed by atoms with Crippen LogP contribution in [0.5, 0.6) is 0 Å². The molecular weight excluding hydrogens is 542 g/mol. The largest absolute Gasteiger partial charge is 0.351 e. The van der Waals surface area contributed by atoms with Gasteiger partial charge >= 0.3 is 5.69 Å². The average molecular weight is 570 g/mol. The minimum Gasteiger partial charge on any atom is -0.274 e. The zero-order valence-corrected chi connectivity index (χ0v) is 23.1. The van der Waals surface area contributed by atoms with Crippen LogP contribution in [0.25, 0.3) is 16.8 Å². The predicted molar refractivity (Wildman–Crippen MR) is 150 cm³/mol. The third-order valence-electron chi connectivity index (χ3n) is 6.43. The Labute approximate surface area is 230 Å². The van der Waals surface area contributed by atoms with Crippen LogP contribution in [-0.4, -0.2) is 27.7 Å². The van der Waals surface area contributed by atoms with Crippen LogP contribution in [0, 0.1) is 10.1 Å². The molecule has 0 spiro atoms. The van der Waals surface area contributed by atoms with Gasteiger partial charge in [-0.15, -0.1) is 5.10 Å². The predicted octanol–water partition coefficient (Wildman–Crippen LogP) is 4.86. The Balaban J connectivity index is 1.74. The molecular formula is C27H28ClN5O5S. The number of nitro benzene ring substituents is 1. The topological polar surface area (TPSA) is 143 Å². The number of unbranched alkanes of at least 4 members (excludes halogenated alkanes) is 1. The number of benzene rings is 3. The average Bonchev–Trinajstić information content (AvgIpc) is 3.21. The van der Waals surface area contributed by atoms with Crippen molar-refractivity contribution < 1.29 is 13.3 Å². The first-order valence-electron chi connectivity index (χ1n) is 12.4. The molecule has 204 valence electrons. The van der Waals surface area contributed by atoms with Gasteiger partial charge in [0.25, 0.3) is 5.69 Å². The van der Waals surface area contributed by atoms with Gasteiger partial charge in [-0.25, -0.2) is 18.4 Å². The lowest BCUT2D eigenvalue weighted by Gasteiger charge is -2.11. The van der Waals surface area contributed by atoms with Gasteiger partial charge in [-0.05, 0) is 47.7 Å². The maximum Gasteiger partial charge on any atom is 0.351 e. The summed E-state index contributed by atoms with van der Waals surface area (Å²) in [6.07, 6.45) is 2.95. The van der Waals surface area contributed by atoms with E-state index in [4.69, 9.17) is 16.7 Å². The van der Waals surface area contributed by atoms with Crippen molar-refractivity contribution in [2.24, 2.45) is 5.14 Å². The molecule has 12 heteroatoms. The Kier molecular flexibility index (Phi) is 8.34. The summed E-state index contributed by atoms with van der Waals surface area (Å²) >= 11 is 6.29. The second-order valence-corrected chi connectivity index (χ2v) is 11.1. The number of nitrogens with two attached hydrogens (primary N) is 1. The number of nitrogens with zero attached hydrogens (tertiary/aromatic N) is 4. The van der Waals surface area contributed by atoms with E-state index >= 15 is 0 Å². The Morgan fingerprint density at radius 2 is 1.72 bits per heavy atom. The number of primary sulfonamides is 1. The van der Waals surface area contributed by atoms with Gasteiger partial charge in [0.1, 0.15) is 5.82 Å². The SMILES string of the molecule is CCCCc1nn(-c2cc([N+](=O)[O-])ccc2Cl)c(=O)n1Cc1ccc(-c2cc(CC)ccc2S(N)(=O)=O)cc1. The van der Waals surface area contributed by atoms with Gasteiger partial charge < -0.3 is 0 Å². The van der Waals surface area contributed by atoms with E-state index in [2.05, 4.69) is 5.10 Å². The molecule has 0 unspecified atom stereocenters. The summed E-state index contributed by atoms with van der Waals surface area (Å²) < 4.78 is 27.0. The fourth-order valence-corrected chi connectivity index (χ4v) is 5.23. The molecule has 0 aliphatic heterocycles. The molecule has 0 amide bonds. The van der Waals surface area contributed by atoms with Crippen LogP contribution in [0.2, 0.25) is 5.02 Å². The van der Waals surface area contributed by atoms with Crippen LogP contribution in [0.3, 0.4) is 0 Å². The van der Waals surface area contributed by atoms with Gasteiger partial charge in [0.05, 0.1) is 27.1 Å². The molecule has 10 nitrogen and oxygen atoms in total. The van der Waals surface area contributed by atoms with Crippen molar-refractivity contribution in [2.75, 3.05) is 0 Å². The van der Waals surface area contributed by atoms with E-state index in [-0.39, 0.29) is 27.8 Å². The Bertz CT molecular complexity index is 1690. The zero-order chi connectivity index (χ0) is 28.3. The van der Waals surface area contributed by atoms with Crippen LogP contribution in [0.1, 0.15) is 43.6 Å². The van der Waals surface area contributed by atoms with Crippen LogP contribution < -0.4 is 10.8 Å². The lowest BCUT2D eigenvalue weighted by atomic mass is 10.0. The first-order valence-corrected chi connectivity index (χ1v) is 14.3. The van der Waals surface area contributed by atoms with Crippen molar-refractivity contribution in [3.8, 4) is 16.8 Å². The summed E-state index contributed by atoms with van der Waals surface area (Å²) in [5, 5.41) is 21.4. The number of nitro groups is 1. The summed E-state index contributed by atoms with van der Waals surface area (Å²) in [7, 11) is -3.93. The number of sulfonamides is 1. The summed E-state index contributed by atoms with van der Waals surface area (Å²) in [5.74, 6) is 0.528. The third-order valence-corrected chi connectivity index (χ3v) is 7.71. The van der Waals surface area contributed by atoms with Crippen molar-refractivity contribution in [2.45, 2.75) is 51.0 Å². The molecule has 0 atom stereocenters. The van der Waals surface area contributed by atoms with Crippen molar-refractivity contribution in [1.82, 2.24) is 14.3 Å². The number of rotatable bonds is 10. The minimum absolute atomic E-state index is 0.0423. The summed E-state index contributed by atoms with van der Waals surface area (Å²) in [6.45, 7) is 4.20. The van der Waals surface area contributed by atoms with E-state index in [1.54, 1.807) is 18.2 Å². The Morgan fingerprint density at radius 1 is 1.03 bits per heavy atom. The molecule has 3 aromatic carbocycles. The van der Waals surface area contributed by atoms with Crippen molar-refractivity contribution >= 4 is 27.3 Å². The Morgan fingerprint density at radius 3 is 2.33 bits per heavy atom. The second-order valence-electron chi connectivity index (χ2n) is 9.12. The van der Waals surface area contributed by atoms with Gasteiger partial charge in [0, 0.05) is 24.1 Å². The van der Waals surface area contributed by atoms with E-state index in [1.807, 2.05) is 32.0 Å². The minimum atomic E-state index is -3.93. The van der Waals surface area contributed by atoms with Gasteiger partial charge in [0.2, 0.25) is 10.0 Å². The van der Waals surface area contributed by atoms with E-state index in [1.165, 1.54) is 28.8 Å². The molecule has 0 saturated carbocycles. The molecule has 39 heavy (non-hydrogen) atoms. The van der Waals surface area contributed by atoms with Gasteiger partial charge in [-0.3, -0.25) is 14.7 Å². The highest BCUT2D eigenvalue weighted by atomic mass is 35.5. The smallest absolute Gasteiger partial charge is 0.274 e. The molecule has 0 bridgehead atoms. The van der Waals surface area contributed by atoms with Crippen molar-refractivity contribution in [3.05, 3.63) is 103 Å². The molecule has 4 rings (SSSR count). The number of aromatic nitrogens is 3. The molecule has 0 radical (unpaired) electrons. The van der Waals surface area contributed by atoms with Crippen LogP contribution in [-0.2, 0) is 29.4 Å². The lowest BCUT2D eigenvalue weighted by Crippen LogP contribution is -2.25. The number of halogens is 1. The Hall–Kier alpha value is -3.80. The first-order chi connectivity index (χ1) is 18.5. The molecule has 4 aromatic rings.